The zero-order chi connectivity index (χ0) is 21.6. The first kappa shape index (κ1) is 21.0. The maximum atomic E-state index is 13.0. The molecule has 1 amide bonds. The maximum Gasteiger partial charge on any atom is 0.227 e. The van der Waals surface area contributed by atoms with Crippen LogP contribution in [0.4, 0.5) is 10.2 Å². The Balaban J connectivity index is 1.23. The molecule has 2 aromatic carbocycles. The van der Waals surface area contributed by atoms with Crippen LogP contribution < -0.4 is 5.73 Å². The highest BCUT2D eigenvalue weighted by molar-refractivity contribution is 5.78. The van der Waals surface area contributed by atoms with Gasteiger partial charge in [0.25, 0.3) is 0 Å². The van der Waals surface area contributed by atoms with Crippen molar-refractivity contribution in [3.63, 3.8) is 0 Å². The molecule has 0 aliphatic carbocycles. The Hall–Kier alpha value is -3.25. The van der Waals surface area contributed by atoms with E-state index in [0.717, 1.165) is 56.0 Å². The molecule has 0 saturated carbocycles. The SMILES string of the molecule is Nc1cccc(-c2ccc(CCN3CCN(C(=O)Cc4ccc(F)cc4)CC3)cc2)n1. The summed E-state index contributed by atoms with van der Waals surface area (Å²) in [6, 6.07) is 20.3. The van der Waals surface area contributed by atoms with Gasteiger partial charge in [-0.25, -0.2) is 9.37 Å². The largest absolute Gasteiger partial charge is 0.384 e. The van der Waals surface area contributed by atoms with Gasteiger partial charge in [0.2, 0.25) is 5.91 Å². The third-order valence-corrected chi connectivity index (χ3v) is 5.73. The number of hydrogen-bond acceptors (Lipinski definition) is 4. The lowest BCUT2D eigenvalue weighted by molar-refractivity contribution is -0.132. The Morgan fingerprint density at radius 3 is 2.26 bits per heavy atom. The first-order chi connectivity index (χ1) is 15.1. The van der Waals surface area contributed by atoms with Gasteiger partial charge < -0.3 is 10.6 Å². The molecule has 1 aliphatic heterocycles. The predicted octanol–water partition coefficient (Wildman–Crippen LogP) is 3.40. The zero-order valence-electron chi connectivity index (χ0n) is 17.5. The number of carbonyl (C=O) groups excluding carboxylic acids is 1. The normalized spacial score (nSPS) is 14.5. The van der Waals surface area contributed by atoms with Crippen molar-refractivity contribution < 1.29 is 9.18 Å². The third kappa shape index (κ3) is 5.67. The van der Waals surface area contributed by atoms with Gasteiger partial charge in [-0.2, -0.15) is 0 Å². The summed E-state index contributed by atoms with van der Waals surface area (Å²) in [6.45, 7) is 4.19. The Kier molecular flexibility index (Phi) is 6.57. The first-order valence-corrected chi connectivity index (χ1v) is 10.6. The van der Waals surface area contributed by atoms with Crippen molar-refractivity contribution in [3.05, 3.63) is 83.7 Å². The molecule has 2 heterocycles. The lowest BCUT2D eigenvalue weighted by atomic mass is 10.1. The minimum Gasteiger partial charge on any atom is -0.384 e. The molecule has 0 radical (unpaired) electrons. The van der Waals surface area contributed by atoms with Crippen LogP contribution in [0.3, 0.4) is 0 Å². The van der Waals surface area contributed by atoms with Crippen LogP contribution in [-0.2, 0) is 17.6 Å². The molecule has 0 spiro atoms. The standard InChI is InChI=1S/C25H27FN4O/c26-22-10-6-20(7-11-22)18-25(31)30-16-14-29(15-17-30)13-12-19-4-8-21(9-5-19)23-2-1-3-24(27)28-23/h1-11H,12-18H2,(H2,27,28). The number of piperazine rings is 1. The number of pyridine rings is 1. The number of nitrogens with two attached hydrogens (primary N) is 1. The van der Waals surface area contributed by atoms with E-state index in [-0.39, 0.29) is 11.7 Å². The summed E-state index contributed by atoms with van der Waals surface area (Å²) in [4.78, 5) is 21.2. The number of hydrogen-bond donors (Lipinski definition) is 1. The highest BCUT2D eigenvalue weighted by atomic mass is 19.1. The summed E-state index contributed by atoms with van der Waals surface area (Å²) < 4.78 is 13.0. The smallest absolute Gasteiger partial charge is 0.227 e. The van der Waals surface area contributed by atoms with E-state index in [4.69, 9.17) is 5.73 Å². The Morgan fingerprint density at radius 2 is 1.58 bits per heavy atom. The molecule has 0 bridgehead atoms. The summed E-state index contributed by atoms with van der Waals surface area (Å²) in [6.07, 6.45) is 1.29. The maximum absolute atomic E-state index is 13.0. The van der Waals surface area contributed by atoms with Crippen molar-refractivity contribution >= 4 is 11.7 Å². The number of anilines is 1. The monoisotopic (exact) mass is 418 g/mol. The van der Waals surface area contributed by atoms with Crippen molar-refractivity contribution in [2.24, 2.45) is 0 Å². The summed E-state index contributed by atoms with van der Waals surface area (Å²) in [5.41, 5.74) is 9.85. The number of rotatable bonds is 6. The second-order valence-corrected chi connectivity index (χ2v) is 7.92. The molecule has 6 heteroatoms. The molecule has 0 atom stereocenters. The van der Waals surface area contributed by atoms with E-state index in [0.29, 0.717) is 12.2 Å². The number of halogens is 1. The van der Waals surface area contributed by atoms with Crippen molar-refractivity contribution in [2.45, 2.75) is 12.8 Å². The van der Waals surface area contributed by atoms with Gasteiger partial charge in [0.05, 0.1) is 12.1 Å². The molecule has 31 heavy (non-hydrogen) atoms. The van der Waals surface area contributed by atoms with Gasteiger partial charge in [-0.05, 0) is 41.8 Å². The van der Waals surface area contributed by atoms with Crippen LogP contribution >= 0.6 is 0 Å². The van der Waals surface area contributed by atoms with Gasteiger partial charge in [-0.3, -0.25) is 9.69 Å². The Morgan fingerprint density at radius 1 is 0.903 bits per heavy atom. The topological polar surface area (TPSA) is 62.5 Å². The molecule has 1 saturated heterocycles. The number of nitrogens with zero attached hydrogens (tertiary/aromatic N) is 3. The number of carbonyl (C=O) groups is 1. The molecule has 1 aliphatic rings. The van der Waals surface area contributed by atoms with Crippen LogP contribution in [0.25, 0.3) is 11.3 Å². The minimum atomic E-state index is -0.277. The Bertz CT molecular complexity index is 1010. The minimum absolute atomic E-state index is 0.108. The van der Waals surface area contributed by atoms with Gasteiger partial charge in [0.15, 0.2) is 0 Å². The lowest BCUT2D eigenvalue weighted by Gasteiger charge is -2.34. The van der Waals surface area contributed by atoms with E-state index < -0.39 is 0 Å². The van der Waals surface area contributed by atoms with Gasteiger partial charge in [0, 0.05) is 38.3 Å². The van der Waals surface area contributed by atoms with E-state index in [1.165, 1.54) is 17.7 Å². The molecule has 160 valence electrons. The van der Waals surface area contributed by atoms with Crippen LogP contribution in [0.15, 0.2) is 66.7 Å². The number of amides is 1. The highest BCUT2D eigenvalue weighted by Gasteiger charge is 2.21. The molecular weight excluding hydrogens is 391 g/mol. The van der Waals surface area contributed by atoms with Gasteiger partial charge in [-0.15, -0.1) is 0 Å². The summed E-state index contributed by atoms with van der Waals surface area (Å²) >= 11 is 0. The van der Waals surface area contributed by atoms with Gasteiger partial charge in [0.1, 0.15) is 11.6 Å². The lowest BCUT2D eigenvalue weighted by Crippen LogP contribution is -2.49. The molecule has 1 fully saturated rings. The van der Waals surface area contributed by atoms with Gasteiger partial charge >= 0.3 is 0 Å². The molecule has 0 unspecified atom stereocenters. The molecule has 1 aromatic heterocycles. The second kappa shape index (κ2) is 9.71. The van der Waals surface area contributed by atoms with E-state index in [1.54, 1.807) is 18.2 Å². The molecule has 4 rings (SSSR count). The Labute approximate surface area is 182 Å². The predicted molar refractivity (Wildman–Crippen MR) is 121 cm³/mol. The average molecular weight is 419 g/mol. The van der Waals surface area contributed by atoms with Gasteiger partial charge in [-0.1, -0.05) is 42.5 Å². The van der Waals surface area contributed by atoms with Crippen molar-refractivity contribution in [1.82, 2.24) is 14.8 Å². The molecule has 3 aromatic rings. The number of benzene rings is 2. The fourth-order valence-corrected chi connectivity index (χ4v) is 3.85. The van der Waals surface area contributed by atoms with E-state index in [9.17, 15) is 9.18 Å². The number of aromatic nitrogens is 1. The average Bonchev–Trinajstić information content (AvgIpc) is 2.80. The summed E-state index contributed by atoms with van der Waals surface area (Å²) in [7, 11) is 0. The quantitative estimate of drug-likeness (QED) is 0.667. The third-order valence-electron chi connectivity index (χ3n) is 5.73. The molecule has 2 N–H and O–H groups in total. The second-order valence-electron chi connectivity index (χ2n) is 7.92. The van der Waals surface area contributed by atoms with E-state index in [2.05, 4.69) is 34.1 Å². The van der Waals surface area contributed by atoms with Crippen molar-refractivity contribution in [1.29, 1.82) is 0 Å². The van der Waals surface area contributed by atoms with Crippen LogP contribution in [0.5, 0.6) is 0 Å². The fraction of sp³-hybridized carbons (Fsp3) is 0.280. The van der Waals surface area contributed by atoms with Crippen LogP contribution in [0.1, 0.15) is 11.1 Å². The molecule has 5 nitrogen and oxygen atoms in total. The summed E-state index contributed by atoms with van der Waals surface area (Å²) in [5.74, 6) is 0.356. The van der Waals surface area contributed by atoms with E-state index in [1.807, 2.05) is 17.0 Å². The first-order valence-electron chi connectivity index (χ1n) is 10.6. The van der Waals surface area contributed by atoms with E-state index >= 15 is 0 Å². The molecular formula is C25H27FN4O. The summed E-state index contributed by atoms with van der Waals surface area (Å²) in [5, 5.41) is 0. The van der Waals surface area contributed by atoms with Crippen LogP contribution in [-0.4, -0.2) is 53.4 Å². The highest BCUT2D eigenvalue weighted by Crippen LogP contribution is 2.19. The zero-order valence-corrected chi connectivity index (χ0v) is 17.5. The van der Waals surface area contributed by atoms with Crippen molar-refractivity contribution in [3.8, 4) is 11.3 Å². The number of nitrogen functional groups attached to an aromatic ring is 1. The van der Waals surface area contributed by atoms with Crippen molar-refractivity contribution in [2.75, 3.05) is 38.5 Å². The van der Waals surface area contributed by atoms with Crippen LogP contribution in [0.2, 0.25) is 0 Å². The fourth-order valence-electron chi connectivity index (χ4n) is 3.85. The van der Waals surface area contributed by atoms with Crippen LogP contribution in [0, 0.1) is 5.82 Å².